The first-order valence-corrected chi connectivity index (χ1v) is 10.8. The van der Waals surface area contributed by atoms with Crippen molar-refractivity contribution in [2.24, 2.45) is 0 Å². The molecule has 0 saturated carbocycles. The summed E-state index contributed by atoms with van der Waals surface area (Å²) < 4.78 is 14.4. The molecule has 5 nitrogen and oxygen atoms in total. The van der Waals surface area contributed by atoms with E-state index in [2.05, 4.69) is 69.1 Å². The van der Waals surface area contributed by atoms with Gasteiger partial charge in [-0.2, -0.15) is 0 Å². The summed E-state index contributed by atoms with van der Waals surface area (Å²) in [7, 11) is 0. The summed E-state index contributed by atoms with van der Waals surface area (Å²) >= 11 is 0. The zero-order chi connectivity index (χ0) is 21.8. The summed E-state index contributed by atoms with van der Waals surface area (Å²) in [5.41, 5.74) is 4.36. The number of pyridine rings is 2. The zero-order valence-electron chi connectivity index (χ0n) is 17.5. The van der Waals surface area contributed by atoms with Gasteiger partial charge >= 0.3 is 0 Å². The minimum atomic E-state index is 0.548. The fourth-order valence-corrected chi connectivity index (χ4v) is 4.57. The third kappa shape index (κ3) is 2.72. The van der Waals surface area contributed by atoms with Crippen molar-refractivity contribution in [3.63, 3.8) is 0 Å². The molecule has 0 N–H and O–H groups in total. The smallest absolute Gasteiger partial charge is 0.229 e. The lowest BCUT2D eigenvalue weighted by atomic mass is 10.2. The van der Waals surface area contributed by atoms with E-state index in [1.165, 1.54) is 10.8 Å². The van der Waals surface area contributed by atoms with Crippen molar-refractivity contribution >= 4 is 44.0 Å². The van der Waals surface area contributed by atoms with Crippen LogP contribution in [0.2, 0.25) is 0 Å². The van der Waals surface area contributed by atoms with Crippen LogP contribution in [0.4, 0.5) is 0 Å². The number of ether oxygens (including phenoxy) is 1. The van der Waals surface area contributed by atoms with Crippen molar-refractivity contribution in [1.29, 1.82) is 0 Å². The molecule has 0 aliphatic carbocycles. The van der Waals surface area contributed by atoms with Crippen molar-refractivity contribution in [3.8, 4) is 17.2 Å². The van der Waals surface area contributed by atoms with Gasteiger partial charge in [0, 0.05) is 17.0 Å². The lowest BCUT2D eigenvalue weighted by Gasteiger charge is -2.14. The maximum atomic E-state index is 6.41. The average Bonchev–Trinajstić information content (AvgIpc) is 3.40. The minimum absolute atomic E-state index is 0.548. The molecule has 0 amide bonds. The van der Waals surface area contributed by atoms with Gasteiger partial charge in [0.25, 0.3) is 0 Å². The van der Waals surface area contributed by atoms with E-state index in [-0.39, 0.29) is 0 Å². The molecule has 5 heteroatoms. The maximum Gasteiger partial charge on any atom is 0.229 e. The topological polar surface area (TPSA) is 53.1 Å². The number of para-hydroxylation sites is 4. The summed E-state index contributed by atoms with van der Waals surface area (Å²) in [5.74, 6) is 1.39. The molecule has 7 rings (SSSR count). The second kappa shape index (κ2) is 6.93. The van der Waals surface area contributed by atoms with E-state index in [1.807, 2.05) is 36.4 Å². The van der Waals surface area contributed by atoms with Crippen LogP contribution in [0.1, 0.15) is 0 Å². The maximum absolute atomic E-state index is 6.41. The van der Waals surface area contributed by atoms with Crippen molar-refractivity contribution in [2.45, 2.75) is 0 Å². The van der Waals surface area contributed by atoms with Crippen LogP contribution in [-0.4, -0.2) is 14.5 Å². The predicted octanol–water partition coefficient (Wildman–Crippen LogP) is 7.27. The molecule has 33 heavy (non-hydrogen) atoms. The normalized spacial score (nSPS) is 11.6. The molecule has 3 aromatic carbocycles. The van der Waals surface area contributed by atoms with Gasteiger partial charge in [0.1, 0.15) is 5.75 Å². The van der Waals surface area contributed by atoms with Gasteiger partial charge in [-0.15, -0.1) is 0 Å². The third-order valence-electron chi connectivity index (χ3n) is 5.99. The van der Waals surface area contributed by atoms with Crippen molar-refractivity contribution in [1.82, 2.24) is 14.5 Å². The highest BCUT2D eigenvalue weighted by Gasteiger charge is 2.16. The van der Waals surface area contributed by atoms with Gasteiger partial charge < -0.3 is 13.7 Å². The van der Waals surface area contributed by atoms with Crippen molar-refractivity contribution in [2.75, 3.05) is 0 Å². The van der Waals surface area contributed by atoms with Gasteiger partial charge in [0.15, 0.2) is 5.75 Å². The summed E-state index contributed by atoms with van der Waals surface area (Å²) in [5, 5.41) is 4.22. The lowest BCUT2D eigenvalue weighted by molar-refractivity contribution is 0.478. The van der Waals surface area contributed by atoms with E-state index in [1.54, 1.807) is 12.4 Å². The van der Waals surface area contributed by atoms with E-state index in [0.717, 1.165) is 33.2 Å². The number of fused-ring (bicyclic) bond motifs is 6. The third-order valence-corrected chi connectivity index (χ3v) is 5.99. The summed E-state index contributed by atoms with van der Waals surface area (Å²) in [6, 6.07) is 30.8. The summed E-state index contributed by atoms with van der Waals surface area (Å²) in [4.78, 5) is 8.76. The van der Waals surface area contributed by atoms with Crippen LogP contribution in [0.3, 0.4) is 0 Å². The molecular weight excluding hydrogens is 410 g/mol. The zero-order valence-corrected chi connectivity index (χ0v) is 17.5. The molecule has 4 aromatic heterocycles. The highest BCUT2D eigenvalue weighted by molar-refractivity contribution is 6.09. The molecule has 0 atom stereocenters. The van der Waals surface area contributed by atoms with Crippen molar-refractivity contribution in [3.05, 3.63) is 103 Å². The van der Waals surface area contributed by atoms with E-state index in [0.29, 0.717) is 17.2 Å². The SMILES string of the molecule is c1ccc(-n2c3ccccc3c3ccccc32)c(Oc2cnc3oc4ncccc4c3c2)c1. The average molecular weight is 427 g/mol. The van der Waals surface area contributed by atoms with Crippen LogP contribution < -0.4 is 4.74 Å². The second-order valence-corrected chi connectivity index (χ2v) is 7.92. The molecule has 0 bridgehead atoms. The highest BCUT2D eigenvalue weighted by Crippen LogP contribution is 2.37. The molecule has 4 heterocycles. The Morgan fingerprint density at radius 2 is 1.30 bits per heavy atom. The van der Waals surface area contributed by atoms with Crippen LogP contribution in [-0.2, 0) is 0 Å². The lowest BCUT2D eigenvalue weighted by Crippen LogP contribution is -1.97. The Bertz CT molecular complexity index is 1760. The molecule has 0 unspecified atom stereocenters. The number of rotatable bonds is 3. The number of aromatic nitrogens is 3. The Kier molecular flexibility index (Phi) is 3.78. The monoisotopic (exact) mass is 427 g/mol. The van der Waals surface area contributed by atoms with Gasteiger partial charge in [0.2, 0.25) is 11.4 Å². The minimum Gasteiger partial charge on any atom is -0.454 e. The van der Waals surface area contributed by atoms with Crippen LogP contribution >= 0.6 is 0 Å². The first-order chi connectivity index (χ1) is 16.4. The molecule has 0 radical (unpaired) electrons. The molecule has 156 valence electrons. The Balaban J connectivity index is 1.41. The van der Waals surface area contributed by atoms with E-state index >= 15 is 0 Å². The highest BCUT2D eigenvalue weighted by atomic mass is 16.5. The summed E-state index contributed by atoms with van der Waals surface area (Å²) in [6.07, 6.45) is 3.40. The molecular formula is C28H17N3O2. The first kappa shape index (κ1) is 18.0. The van der Waals surface area contributed by atoms with Crippen molar-refractivity contribution < 1.29 is 9.15 Å². The second-order valence-electron chi connectivity index (χ2n) is 7.92. The molecule has 0 saturated heterocycles. The fraction of sp³-hybridized carbons (Fsp3) is 0. The Morgan fingerprint density at radius 1 is 0.636 bits per heavy atom. The molecule has 0 spiro atoms. The standard InChI is InChI=1S/C28H17N3O2/c1-3-11-23-19(8-1)20-9-2-4-12-24(20)31(23)25-13-5-6-14-26(25)32-18-16-22-21-10-7-15-29-27(21)33-28(22)30-17-18/h1-17H. The Hall–Kier alpha value is -4.64. The fourth-order valence-electron chi connectivity index (χ4n) is 4.57. The summed E-state index contributed by atoms with van der Waals surface area (Å²) in [6.45, 7) is 0. The van der Waals surface area contributed by atoms with Gasteiger partial charge in [-0.05, 0) is 42.5 Å². The predicted molar refractivity (Wildman–Crippen MR) is 130 cm³/mol. The molecule has 7 aromatic rings. The number of furan rings is 1. The molecule has 0 aliphatic heterocycles. The van der Waals surface area contributed by atoms with Gasteiger partial charge in [-0.25, -0.2) is 9.97 Å². The largest absolute Gasteiger partial charge is 0.454 e. The van der Waals surface area contributed by atoms with Crippen LogP contribution in [0, 0.1) is 0 Å². The Morgan fingerprint density at radius 3 is 2.12 bits per heavy atom. The van der Waals surface area contributed by atoms with Crippen LogP contribution in [0.15, 0.2) is 108 Å². The molecule has 0 aliphatic rings. The van der Waals surface area contributed by atoms with E-state index < -0.39 is 0 Å². The van der Waals surface area contributed by atoms with Gasteiger partial charge in [-0.3, -0.25) is 0 Å². The van der Waals surface area contributed by atoms with E-state index in [4.69, 9.17) is 9.15 Å². The Labute approximate surface area is 188 Å². The van der Waals surface area contributed by atoms with E-state index in [9.17, 15) is 0 Å². The van der Waals surface area contributed by atoms with Crippen LogP contribution in [0.25, 0.3) is 49.7 Å². The van der Waals surface area contributed by atoms with Gasteiger partial charge in [0.05, 0.1) is 33.7 Å². The number of hydrogen-bond acceptors (Lipinski definition) is 4. The number of hydrogen-bond donors (Lipinski definition) is 0. The van der Waals surface area contributed by atoms with Crippen LogP contribution in [0.5, 0.6) is 11.5 Å². The number of benzene rings is 3. The number of nitrogens with zero attached hydrogens (tertiary/aromatic N) is 3. The molecule has 0 fully saturated rings. The first-order valence-electron chi connectivity index (χ1n) is 10.8. The van der Waals surface area contributed by atoms with Gasteiger partial charge in [-0.1, -0.05) is 48.5 Å². The quantitative estimate of drug-likeness (QED) is 0.298.